The smallest absolute Gasteiger partial charge is 0.225 e. The summed E-state index contributed by atoms with van der Waals surface area (Å²) in [4.78, 5) is 11.6. The summed E-state index contributed by atoms with van der Waals surface area (Å²) in [5.41, 5.74) is 0.671. The third-order valence-electron chi connectivity index (χ3n) is 2.44. The van der Waals surface area contributed by atoms with E-state index in [9.17, 15) is 9.18 Å². The van der Waals surface area contributed by atoms with Gasteiger partial charge in [0.2, 0.25) is 5.91 Å². The van der Waals surface area contributed by atoms with E-state index in [2.05, 4.69) is 26.2 Å². The maximum Gasteiger partial charge on any atom is 0.225 e. The molecular weight excluding hydrogens is 251 g/mol. The van der Waals surface area contributed by atoms with Gasteiger partial charge >= 0.3 is 0 Å². The predicted molar refractivity (Wildman–Crippen MR) is 66.3 cm³/mol. The topological polar surface area (TPSA) is 84.7 Å². The fourth-order valence-electron chi connectivity index (χ4n) is 1.48. The molecule has 0 radical (unpaired) electrons. The first kappa shape index (κ1) is 13.1. The van der Waals surface area contributed by atoms with Gasteiger partial charge in [0.15, 0.2) is 0 Å². The van der Waals surface area contributed by atoms with Crippen LogP contribution in [0.25, 0.3) is 5.69 Å². The van der Waals surface area contributed by atoms with E-state index < -0.39 is 5.82 Å². The molecule has 0 aliphatic carbocycles. The van der Waals surface area contributed by atoms with Crippen LogP contribution in [0.15, 0.2) is 24.5 Å². The molecule has 8 heteroatoms. The first-order valence-corrected chi connectivity index (χ1v) is 5.68. The Morgan fingerprint density at radius 3 is 3.00 bits per heavy atom. The molecular formula is C11H13FN6O. The van der Waals surface area contributed by atoms with Crippen LogP contribution in [0.3, 0.4) is 0 Å². The van der Waals surface area contributed by atoms with Gasteiger partial charge in [-0.1, -0.05) is 0 Å². The van der Waals surface area contributed by atoms with E-state index in [-0.39, 0.29) is 18.0 Å². The van der Waals surface area contributed by atoms with Gasteiger partial charge in [-0.2, -0.15) is 0 Å². The SMILES string of the molecule is CNCCC(=O)Nc1cc(-n2cnnn2)ccc1F. The molecule has 1 heterocycles. The van der Waals surface area contributed by atoms with Crippen molar-refractivity contribution >= 4 is 11.6 Å². The van der Waals surface area contributed by atoms with Gasteiger partial charge in [-0.05, 0) is 35.7 Å². The summed E-state index contributed by atoms with van der Waals surface area (Å²) in [7, 11) is 1.74. The number of nitrogens with zero attached hydrogens (tertiary/aromatic N) is 4. The lowest BCUT2D eigenvalue weighted by Gasteiger charge is -2.08. The molecule has 1 aromatic carbocycles. The monoisotopic (exact) mass is 264 g/mol. The second-order valence-corrected chi connectivity index (χ2v) is 3.82. The highest BCUT2D eigenvalue weighted by Gasteiger charge is 2.09. The minimum Gasteiger partial charge on any atom is -0.323 e. The summed E-state index contributed by atoms with van der Waals surface area (Å²) in [5.74, 6) is -0.767. The van der Waals surface area contributed by atoms with Crippen LogP contribution in [0.5, 0.6) is 0 Å². The molecule has 0 saturated heterocycles. The molecule has 0 aliphatic rings. The highest BCUT2D eigenvalue weighted by molar-refractivity contribution is 5.91. The largest absolute Gasteiger partial charge is 0.323 e. The first-order valence-electron chi connectivity index (χ1n) is 5.68. The Hall–Kier alpha value is -2.35. The van der Waals surface area contributed by atoms with Crippen molar-refractivity contribution in [3.8, 4) is 5.69 Å². The van der Waals surface area contributed by atoms with Crippen LogP contribution in [0.2, 0.25) is 0 Å². The van der Waals surface area contributed by atoms with Gasteiger partial charge in [0.1, 0.15) is 12.1 Å². The van der Waals surface area contributed by atoms with Crippen LogP contribution in [-0.2, 0) is 4.79 Å². The van der Waals surface area contributed by atoms with E-state index in [0.717, 1.165) is 0 Å². The van der Waals surface area contributed by atoms with Gasteiger partial charge in [0.25, 0.3) is 0 Å². The molecule has 100 valence electrons. The molecule has 19 heavy (non-hydrogen) atoms. The Labute approximate surface area is 108 Å². The van der Waals surface area contributed by atoms with E-state index in [1.165, 1.54) is 29.2 Å². The van der Waals surface area contributed by atoms with Gasteiger partial charge in [0.05, 0.1) is 11.4 Å². The lowest BCUT2D eigenvalue weighted by molar-refractivity contribution is -0.116. The summed E-state index contributed by atoms with van der Waals surface area (Å²) in [6.07, 6.45) is 1.66. The average Bonchev–Trinajstić information content (AvgIpc) is 2.93. The number of benzene rings is 1. The molecule has 1 aromatic heterocycles. The van der Waals surface area contributed by atoms with Crippen molar-refractivity contribution in [3.63, 3.8) is 0 Å². The summed E-state index contributed by atoms with van der Waals surface area (Å²) in [5, 5.41) is 16.0. The van der Waals surface area contributed by atoms with Gasteiger partial charge in [-0.15, -0.1) is 5.10 Å². The number of aromatic nitrogens is 4. The van der Waals surface area contributed by atoms with Crippen LogP contribution in [-0.4, -0.2) is 39.7 Å². The van der Waals surface area contributed by atoms with Crippen LogP contribution < -0.4 is 10.6 Å². The van der Waals surface area contributed by atoms with Crippen molar-refractivity contribution in [1.29, 1.82) is 0 Å². The zero-order chi connectivity index (χ0) is 13.7. The fraction of sp³-hybridized carbons (Fsp3) is 0.273. The van der Waals surface area contributed by atoms with E-state index in [1.807, 2.05) is 0 Å². The number of rotatable bonds is 5. The van der Waals surface area contributed by atoms with Crippen LogP contribution >= 0.6 is 0 Å². The van der Waals surface area contributed by atoms with Crippen molar-refractivity contribution in [2.45, 2.75) is 6.42 Å². The van der Waals surface area contributed by atoms with Crippen LogP contribution in [0, 0.1) is 5.82 Å². The molecule has 2 aromatic rings. The molecule has 0 unspecified atom stereocenters. The maximum absolute atomic E-state index is 13.6. The Morgan fingerprint density at radius 2 is 2.32 bits per heavy atom. The Bertz CT molecular complexity index is 556. The van der Waals surface area contributed by atoms with E-state index in [0.29, 0.717) is 12.2 Å². The molecule has 7 nitrogen and oxygen atoms in total. The normalized spacial score (nSPS) is 10.4. The Balaban J connectivity index is 2.16. The quantitative estimate of drug-likeness (QED) is 0.814. The minimum absolute atomic E-state index is 0.106. The van der Waals surface area contributed by atoms with Crippen LogP contribution in [0.4, 0.5) is 10.1 Å². The third-order valence-corrected chi connectivity index (χ3v) is 2.44. The number of hydrogen-bond acceptors (Lipinski definition) is 5. The molecule has 2 N–H and O–H groups in total. The Kier molecular flexibility index (Phi) is 4.14. The first-order chi connectivity index (χ1) is 9.20. The summed E-state index contributed by atoms with van der Waals surface area (Å²) >= 11 is 0. The van der Waals surface area contributed by atoms with Gasteiger partial charge < -0.3 is 10.6 Å². The number of halogens is 1. The molecule has 0 fully saturated rings. The molecule has 0 spiro atoms. The van der Waals surface area contributed by atoms with E-state index in [1.54, 1.807) is 7.05 Å². The number of anilines is 1. The van der Waals surface area contributed by atoms with E-state index >= 15 is 0 Å². The summed E-state index contributed by atoms with van der Waals surface area (Å²) < 4.78 is 15.0. The molecule has 0 aliphatic heterocycles. The number of tetrazole rings is 1. The molecule has 1 amide bonds. The van der Waals surface area contributed by atoms with Crippen molar-refractivity contribution in [2.75, 3.05) is 18.9 Å². The number of carbonyl (C=O) groups is 1. The average molecular weight is 264 g/mol. The van der Waals surface area contributed by atoms with Crippen LogP contribution in [0.1, 0.15) is 6.42 Å². The third kappa shape index (κ3) is 3.32. The number of nitrogens with one attached hydrogen (secondary N) is 2. The van der Waals surface area contributed by atoms with E-state index in [4.69, 9.17) is 0 Å². The van der Waals surface area contributed by atoms with Crippen molar-refractivity contribution in [3.05, 3.63) is 30.3 Å². The molecule has 0 bridgehead atoms. The molecule has 0 atom stereocenters. The summed E-state index contributed by atoms with van der Waals surface area (Å²) in [6.45, 7) is 0.528. The fourth-order valence-corrected chi connectivity index (χ4v) is 1.48. The van der Waals surface area contributed by atoms with Crippen molar-refractivity contribution in [2.24, 2.45) is 0 Å². The predicted octanol–water partition coefficient (Wildman–Crippen LogP) is 0.349. The zero-order valence-corrected chi connectivity index (χ0v) is 10.3. The van der Waals surface area contributed by atoms with Gasteiger partial charge in [0, 0.05) is 13.0 Å². The molecule has 0 saturated carbocycles. The van der Waals surface area contributed by atoms with Gasteiger partial charge in [-0.3, -0.25) is 4.79 Å². The number of hydrogen-bond donors (Lipinski definition) is 2. The maximum atomic E-state index is 13.6. The minimum atomic E-state index is -0.505. The lowest BCUT2D eigenvalue weighted by Crippen LogP contribution is -2.19. The second kappa shape index (κ2) is 6.01. The lowest BCUT2D eigenvalue weighted by atomic mass is 10.2. The highest BCUT2D eigenvalue weighted by Crippen LogP contribution is 2.18. The number of amides is 1. The van der Waals surface area contributed by atoms with Crippen molar-refractivity contribution < 1.29 is 9.18 Å². The number of carbonyl (C=O) groups excluding carboxylic acids is 1. The second-order valence-electron chi connectivity index (χ2n) is 3.82. The van der Waals surface area contributed by atoms with Gasteiger partial charge in [-0.25, -0.2) is 9.07 Å². The van der Waals surface area contributed by atoms with Crippen molar-refractivity contribution in [1.82, 2.24) is 25.5 Å². The molecule has 2 rings (SSSR count). The summed E-state index contributed by atoms with van der Waals surface area (Å²) in [6, 6.07) is 4.25. The Morgan fingerprint density at radius 1 is 1.47 bits per heavy atom. The standard InChI is InChI=1S/C11H13FN6O/c1-13-5-4-11(19)15-10-6-8(2-3-9(10)12)18-7-14-16-17-18/h2-3,6-7,13H,4-5H2,1H3,(H,15,19). The zero-order valence-electron chi connectivity index (χ0n) is 10.3. The highest BCUT2D eigenvalue weighted by atomic mass is 19.1.